The lowest BCUT2D eigenvalue weighted by molar-refractivity contribution is 0.0130. The molecule has 0 amide bonds. The molecule has 4 heteroatoms. The van der Waals surface area contributed by atoms with Crippen LogP contribution in [0.25, 0.3) is 0 Å². The molecule has 2 atom stereocenters. The quantitative estimate of drug-likeness (QED) is 0.797. The van der Waals surface area contributed by atoms with Crippen molar-refractivity contribution >= 4 is 0 Å². The Hall–Kier alpha value is -1.26. The number of aliphatic hydroxyl groups is 2. The first-order valence-electron chi connectivity index (χ1n) is 5.72. The summed E-state index contributed by atoms with van der Waals surface area (Å²) in [4.78, 5) is 0. The lowest BCUT2D eigenvalue weighted by atomic mass is 10.0. The molecule has 0 radical (unpaired) electrons. The van der Waals surface area contributed by atoms with Gasteiger partial charge >= 0.3 is 0 Å². The van der Waals surface area contributed by atoms with E-state index in [1.165, 1.54) is 7.11 Å². The van der Waals surface area contributed by atoms with E-state index in [-0.39, 0.29) is 0 Å². The molecule has 0 saturated heterocycles. The molecule has 0 heterocycles. The van der Waals surface area contributed by atoms with Crippen LogP contribution < -0.4 is 9.47 Å². The zero-order valence-corrected chi connectivity index (χ0v) is 10.5. The van der Waals surface area contributed by atoms with Gasteiger partial charge in [0.25, 0.3) is 0 Å². The molecule has 1 aromatic rings. The standard InChI is InChI=1S/C13H20O4/c1-4-5-10(14)13(15)9-6-7-11(16-2)12(8-9)17-3/h6-8,10,13-15H,4-5H2,1-3H3. The molecule has 0 spiro atoms. The van der Waals surface area contributed by atoms with E-state index in [0.29, 0.717) is 23.5 Å². The smallest absolute Gasteiger partial charge is 0.161 e. The zero-order valence-electron chi connectivity index (χ0n) is 10.5. The van der Waals surface area contributed by atoms with Crippen LogP contribution in [0.15, 0.2) is 18.2 Å². The number of methoxy groups -OCH3 is 2. The number of rotatable bonds is 6. The second-order valence-electron chi connectivity index (χ2n) is 3.92. The highest BCUT2D eigenvalue weighted by Crippen LogP contribution is 2.31. The number of hydrogen-bond donors (Lipinski definition) is 2. The predicted molar refractivity (Wildman–Crippen MR) is 65.4 cm³/mol. The Morgan fingerprint density at radius 3 is 2.29 bits per heavy atom. The highest BCUT2D eigenvalue weighted by atomic mass is 16.5. The van der Waals surface area contributed by atoms with E-state index in [9.17, 15) is 10.2 Å². The number of ether oxygens (including phenoxy) is 2. The molecule has 4 nitrogen and oxygen atoms in total. The number of aliphatic hydroxyl groups excluding tert-OH is 2. The molecule has 0 aliphatic carbocycles. The molecular weight excluding hydrogens is 220 g/mol. The minimum Gasteiger partial charge on any atom is -0.493 e. The highest BCUT2D eigenvalue weighted by Gasteiger charge is 2.19. The van der Waals surface area contributed by atoms with E-state index in [0.717, 1.165) is 6.42 Å². The molecule has 1 rings (SSSR count). The van der Waals surface area contributed by atoms with Gasteiger partial charge in [-0.05, 0) is 24.1 Å². The van der Waals surface area contributed by atoms with Gasteiger partial charge in [-0.3, -0.25) is 0 Å². The summed E-state index contributed by atoms with van der Waals surface area (Å²) in [7, 11) is 3.09. The van der Waals surface area contributed by atoms with Crippen molar-refractivity contribution in [3.8, 4) is 11.5 Å². The fraction of sp³-hybridized carbons (Fsp3) is 0.538. The maximum absolute atomic E-state index is 9.96. The maximum atomic E-state index is 9.96. The van der Waals surface area contributed by atoms with Crippen molar-refractivity contribution < 1.29 is 19.7 Å². The molecule has 0 bridgehead atoms. The fourth-order valence-corrected chi connectivity index (χ4v) is 1.71. The van der Waals surface area contributed by atoms with Crippen molar-refractivity contribution in [1.82, 2.24) is 0 Å². The van der Waals surface area contributed by atoms with Crippen LogP contribution in [-0.4, -0.2) is 30.5 Å². The minimum atomic E-state index is -0.894. The van der Waals surface area contributed by atoms with Crippen molar-refractivity contribution in [3.63, 3.8) is 0 Å². The van der Waals surface area contributed by atoms with Crippen LogP contribution >= 0.6 is 0 Å². The minimum absolute atomic E-state index is 0.549. The van der Waals surface area contributed by atoms with Crippen LogP contribution in [0, 0.1) is 0 Å². The van der Waals surface area contributed by atoms with E-state index < -0.39 is 12.2 Å². The first kappa shape index (κ1) is 13.8. The van der Waals surface area contributed by atoms with Crippen LogP contribution in [0.2, 0.25) is 0 Å². The molecule has 0 aliphatic rings. The summed E-state index contributed by atoms with van der Waals surface area (Å²) < 4.78 is 10.3. The number of benzene rings is 1. The molecule has 17 heavy (non-hydrogen) atoms. The Morgan fingerprint density at radius 2 is 1.76 bits per heavy atom. The highest BCUT2D eigenvalue weighted by molar-refractivity contribution is 5.43. The molecule has 2 unspecified atom stereocenters. The zero-order chi connectivity index (χ0) is 12.8. The monoisotopic (exact) mass is 240 g/mol. The van der Waals surface area contributed by atoms with Gasteiger partial charge in [0.1, 0.15) is 6.10 Å². The Bertz CT molecular complexity index is 351. The molecule has 0 fully saturated rings. The topological polar surface area (TPSA) is 58.9 Å². The maximum Gasteiger partial charge on any atom is 0.161 e. The summed E-state index contributed by atoms with van der Waals surface area (Å²) in [6, 6.07) is 5.13. The summed E-state index contributed by atoms with van der Waals surface area (Å²) in [6.07, 6.45) is -0.256. The van der Waals surface area contributed by atoms with Gasteiger partial charge in [0.15, 0.2) is 11.5 Å². The van der Waals surface area contributed by atoms with Crippen molar-refractivity contribution in [1.29, 1.82) is 0 Å². The van der Waals surface area contributed by atoms with Gasteiger partial charge in [0.2, 0.25) is 0 Å². The Labute approximate surface area is 102 Å². The molecule has 2 N–H and O–H groups in total. The van der Waals surface area contributed by atoms with Crippen molar-refractivity contribution in [2.45, 2.75) is 32.0 Å². The summed E-state index contributed by atoms with van der Waals surface area (Å²) in [5.41, 5.74) is 0.628. The van der Waals surface area contributed by atoms with Gasteiger partial charge in [0.05, 0.1) is 20.3 Å². The van der Waals surface area contributed by atoms with E-state index >= 15 is 0 Å². The summed E-state index contributed by atoms with van der Waals surface area (Å²) in [5, 5.41) is 19.7. The van der Waals surface area contributed by atoms with Crippen LogP contribution in [-0.2, 0) is 0 Å². The second kappa shape index (κ2) is 6.47. The Morgan fingerprint density at radius 1 is 1.12 bits per heavy atom. The van der Waals surface area contributed by atoms with Gasteiger partial charge in [-0.25, -0.2) is 0 Å². The average Bonchev–Trinajstić information content (AvgIpc) is 2.37. The molecule has 0 saturated carbocycles. The van der Waals surface area contributed by atoms with Gasteiger partial charge in [-0.15, -0.1) is 0 Å². The normalized spacial score (nSPS) is 14.2. The van der Waals surface area contributed by atoms with Gasteiger partial charge in [-0.2, -0.15) is 0 Å². The van der Waals surface area contributed by atoms with E-state index in [2.05, 4.69) is 0 Å². The van der Waals surface area contributed by atoms with Gasteiger partial charge in [0, 0.05) is 0 Å². The third kappa shape index (κ3) is 3.35. The van der Waals surface area contributed by atoms with Crippen LogP contribution in [0.1, 0.15) is 31.4 Å². The van der Waals surface area contributed by atoms with Gasteiger partial charge < -0.3 is 19.7 Å². The molecule has 0 aliphatic heterocycles. The second-order valence-corrected chi connectivity index (χ2v) is 3.92. The average molecular weight is 240 g/mol. The first-order valence-corrected chi connectivity index (χ1v) is 5.72. The lowest BCUT2D eigenvalue weighted by Crippen LogP contribution is -2.17. The molecule has 96 valence electrons. The van der Waals surface area contributed by atoms with Crippen LogP contribution in [0.4, 0.5) is 0 Å². The summed E-state index contributed by atoms with van der Waals surface area (Å²) >= 11 is 0. The van der Waals surface area contributed by atoms with Gasteiger partial charge in [-0.1, -0.05) is 19.4 Å². The van der Waals surface area contributed by atoms with Crippen LogP contribution in [0.3, 0.4) is 0 Å². The van der Waals surface area contributed by atoms with E-state index in [1.807, 2.05) is 6.92 Å². The Balaban J connectivity index is 2.91. The third-order valence-corrected chi connectivity index (χ3v) is 2.70. The largest absolute Gasteiger partial charge is 0.493 e. The van der Waals surface area contributed by atoms with E-state index in [1.54, 1.807) is 25.3 Å². The lowest BCUT2D eigenvalue weighted by Gasteiger charge is -2.18. The van der Waals surface area contributed by atoms with Crippen molar-refractivity contribution in [3.05, 3.63) is 23.8 Å². The van der Waals surface area contributed by atoms with Crippen molar-refractivity contribution in [2.24, 2.45) is 0 Å². The number of hydrogen-bond acceptors (Lipinski definition) is 4. The molecule has 0 aromatic heterocycles. The SMILES string of the molecule is CCCC(O)C(O)c1ccc(OC)c(OC)c1. The summed E-state index contributed by atoms with van der Waals surface area (Å²) in [6.45, 7) is 1.96. The van der Waals surface area contributed by atoms with E-state index in [4.69, 9.17) is 9.47 Å². The fourth-order valence-electron chi connectivity index (χ4n) is 1.71. The Kier molecular flexibility index (Phi) is 5.25. The van der Waals surface area contributed by atoms with Crippen molar-refractivity contribution in [2.75, 3.05) is 14.2 Å². The predicted octanol–water partition coefficient (Wildman–Crippen LogP) is 1.90. The molecular formula is C13H20O4. The van der Waals surface area contributed by atoms with Crippen LogP contribution in [0.5, 0.6) is 11.5 Å². The molecule has 1 aromatic carbocycles. The first-order chi connectivity index (χ1) is 8.13. The summed E-state index contributed by atoms with van der Waals surface area (Å²) in [5.74, 6) is 1.15. The third-order valence-electron chi connectivity index (χ3n) is 2.70.